The van der Waals surface area contributed by atoms with Gasteiger partial charge in [0.15, 0.2) is 16.6 Å². The number of carbonyl (C=O) groups excluding carboxylic acids is 3. The highest BCUT2D eigenvalue weighted by Crippen LogP contribution is 2.39. The summed E-state index contributed by atoms with van der Waals surface area (Å²) in [6.45, 7) is 31.7. The smallest absolute Gasteiger partial charge is 0.460 e. The second-order valence-corrected chi connectivity index (χ2v) is 31.5. The number of alkyl halides is 3. The van der Waals surface area contributed by atoms with Crippen molar-refractivity contribution in [2.24, 2.45) is 17.3 Å². The van der Waals surface area contributed by atoms with Crippen LogP contribution in [-0.4, -0.2) is 73.8 Å². The van der Waals surface area contributed by atoms with E-state index in [0.29, 0.717) is 6.42 Å². The van der Waals surface area contributed by atoms with Crippen LogP contribution in [0.25, 0.3) is 6.08 Å². The number of ether oxygens (including phenoxy) is 3. The summed E-state index contributed by atoms with van der Waals surface area (Å²) in [7, 11) is -4.21. The molecule has 0 aromatic carbocycles. The van der Waals surface area contributed by atoms with Crippen LogP contribution < -0.4 is 0 Å². The molecule has 0 saturated carbocycles. The minimum Gasteiger partial charge on any atom is -0.460 e. The Bertz CT molecular complexity index is 1560. The van der Waals surface area contributed by atoms with E-state index in [0.717, 1.165) is 66.2 Å². The highest BCUT2D eigenvalue weighted by atomic mass is 35.6. The fourth-order valence-electron chi connectivity index (χ4n) is 7.85. The zero-order chi connectivity index (χ0) is 47.0. The van der Waals surface area contributed by atoms with Crippen LogP contribution in [0.2, 0.25) is 36.3 Å². The van der Waals surface area contributed by atoms with E-state index in [2.05, 4.69) is 77.9 Å². The number of halogens is 3. The number of thiazole rings is 1. The monoisotopic (exact) mass is 967 g/mol. The Morgan fingerprint density at radius 1 is 0.869 bits per heavy atom. The van der Waals surface area contributed by atoms with Crippen molar-refractivity contribution in [2.45, 2.75) is 207 Å². The normalized spacial score (nSPS) is 16.1. The molecule has 1 unspecified atom stereocenters. The molecule has 0 aliphatic heterocycles. The molecule has 0 N–H and O–H groups in total. The van der Waals surface area contributed by atoms with Crippen molar-refractivity contribution in [1.82, 2.24) is 4.98 Å². The van der Waals surface area contributed by atoms with Gasteiger partial charge in [0.05, 0.1) is 35.2 Å². The Balaban J connectivity index is 3.43. The van der Waals surface area contributed by atoms with E-state index in [-0.39, 0.29) is 24.2 Å². The van der Waals surface area contributed by atoms with Gasteiger partial charge in [-0.1, -0.05) is 116 Å². The van der Waals surface area contributed by atoms with Gasteiger partial charge in [0.1, 0.15) is 24.1 Å². The molecule has 0 aliphatic rings. The van der Waals surface area contributed by atoms with Gasteiger partial charge < -0.3 is 23.1 Å². The number of hydrogen-bond acceptors (Lipinski definition) is 10. The highest BCUT2D eigenvalue weighted by Gasteiger charge is 2.48. The number of esters is 1. The molecule has 352 valence electrons. The van der Waals surface area contributed by atoms with Crippen LogP contribution in [0, 0.1) is 24.2 Å². The van der Waals surface area contributed by atoms with Crippen molar-refractivity contribution in [3.05, 3.63) is 33.3 Å². The van der Waals surface area contributed by atoms with Crippen LogP contribution in [0.5, 0.6) is 0 Å². The lowest BCUT2D eigenvalue weighted by Gasteiger charge is -2.42. The summed E-state index contributed by atoms with van der Waals surface area (Å²) >= 11 is 19.3. The second kappa shape index (κ2) is 26.0. The minimum absolute atomic E-state index is 0.0444. The van der Waals surface area contributed by atoms with E-state index in [9.17, 15) is 14.4 Å². The first-order chi connectivity index (χ1) is 28.2. The molecule has 1 aromatic heterocycles. The quantitative estimate of drug-likeness (QED) is 0.0368. The van der Waals surface area contributed by atoms with Crippen LogP contribution in [0.1, 0.15) is 147 Å². The number of allylic oxidation sites excluding steroid dienone is 1. The molecule has 15 heteroatoms. The van der Waals surface area contributed by atoms with Crippen molar-refractivity contribution in [2.75, 3.05) is 6.61 Å². The van der Waals surface area contributed by atoms with E-state index in [4.69, 9.17) is 57.9 Å². The molecule has 0 saturated heterocycles. The zero-order valence-electron chi connectivity index (χ0n) is 40.4. The molecular weight excluding hydrogens is 889 g/mol. The van der Waals surface area contributed by atoms with Gasteiger partial charge in [-0.05, 0) is 121 Å². The van der Waals surface area contributed by atoms with E-state index in [1.807, 2.05) is 48.5 Å². The van der Waals surface area contributed by atoms with Gasteiger partial charge in [-0.2, -0.15) is 0 Å². The van der Waals surface area contributed by atoms with Crippen LogP contribution in [0.3, 0.4) is 0 Å². The third-order valence-electron chi connectivity index (χ3n) is 12.3. The topological polar surface area (TPSA) is 110 Å². The molecule has 0 spiro atoms. The number of nitrogens with zero attached hydrogens (tertiary/aromatic N) is 1. The molecular formula is C46H80Cl3NO8SSi2. The van der Waals surface area contributed by atoms with E-state index >= 15 is 0 Å². The van der Waals surface area contributed by atoms with E-state index in [1.165, 1.54) is 11.1 Å². The number of carbonyl (C=O) groups is 3. The number of rotatable bonds is 27. The van der Waals surface area contributed by atoms with Crippen molar-refractivity contribution in [3.8, 4) is 0 Å². The Labute approximate surface area is 391 Å². The van der Waals surface area contributed by atoms with Gasteiger partial charge in [0.25, 0.3) is 0 Å². The number of aryl methyl sites for hydroxylation is 1. The van der Waals surface area contributed by atoms with Gasteiger partial charge in [-0.3, -0.25) is 9.59 Å². The Morgan fingerprint density at radius 2 is 1.41 bits per heavy atom. The molecule has 0 fully saturated rings. The Hall–Kier alpha value is -1.26. The van der Waals surface area contributed by atoms with E-state index in [1.54, 1.807) is 18.3 Å². The van der Waals surface area contributed by atoms with Gasteiger partial charge in [0.2, 0.25) is 3.79 Å². The summed E-state index contributed by atoms with van der Waals surface area (Å²) in [5, 5.41) is 3.12. The minimum atomic E-state index is -2.30. The van der Waals surface area contributed by atoms with Crippen molar-refractivity contribution in [3.63, 3.8) is 0 Å². The average Bonchev–Trinajstić information content (AvgIpc) is 3.60. The van der Waals surface area contributed by atoms with E-state index < -0.39 is 68.3 Å². The first kappa shape index (κ1) is 57.8. The van der Waals surface area contributed by atoms with Crippen LogP contribution in [0.15, 0.2) is 22.6 Å². The van der Waals surface area contributed by atoms with Gasteiger partial charge in [0, 0.05) is 10.8 Å². The maximum Gasteiger partial charge on any atom is 0.508 e. The summed E-state index contributed by atoms with van der Waals surface area (Å²) < 4.78 is 29.1. The van der Waals surface area contributed by atoms with Crippen LogP contribution in [-0.2, 0) is 32.7 Å². The standard InChI is InChI=1S/C46H80Cl3NO8SSi2/c1-17-60(18-2,19-3)57-38(34(9)28-37-30-59-36(11)50-37)27-26-32(7)24-23-25-33(8)41(55-43(53)54-31-46(47,48)49)35(10)42(52)45(15,16)39(29-40(51)56-44(12,13)14)58-61(20-4,21-5)22-6/h26,28,30,33,35,38-39,41H,17-25,27,29,31H2,1-16H3/b32-26-,34-28+/t33-,35+,38-,39-,41?/m0/s1. The second-order valence-electron chi connectivity index (χ2n) is 18.4. The lowest BCUT2D eigenvalue weighted by atomic mass is 9.73. The maximum atomic E-state index is 14.8. The van der Waals surface area contributed by atoms with Crippen LogP contribution >= 0.6 is 46.1 Å². The molecule has 0 bridgehead atoms. The fraction of sp³-hybridized carbons (Fsp3) is 0.783. The summed E-state index contributed by atoms with van der Waals surface area (Å²) in [5.41, 5.74) is 1.52. The third kappa shape index (κ3) is 19.8. The Morgan fingerprint density at radius 3 is 1.89 bits per heavy atom. The lowest BCUT2D eigenvalue weighted by molar-refractivity contribution is -0.160. The fourth-order valence-corrected chi connectivity index (χ4v) is 14.5. The molecule has 0 amide bonds. The van der Waals surface area contributed by atoms with Crippen molar-refractivity contribution >= 4 is 86.8 Å². The molecule has 1 aromatic rings. The number of ketones is 1. The first-order valence-corrected chi connectivity index (χ1v) is 29.5. The Kier molecular flexibility index (Phi) is 24.6. The molecule has 9 nitrogen and oxygen atoms in total. The van der Waals surface area contributed by atoms with Gasteiger partial charge >= 0.3 is 12.1 Å². The largest absolute Gasteiger partial charge is 0.508 e. The van der Waals surface area contributed by atoms with Gasteiger partial charge in [-0.25, -0.2) is 9.78 Å². The predicted molar refractivity (Wildman–Crippen MR) is 261 cm³/mol. The number of hydrogen-bond donors (Lipinski definition) is 0. The number of Topliss-reactive ketones (excluding diaryl/α,β-unsaturated/α-hetero) is 1. The lowest BCUT2D eigenvalue weighted by Crippen LogP contribution is -2.52. The molecule has 1 rings (SSSR count). The van der Waals surface area contributed by atoms with Gasteiger partial charge in [-0.15, -0.1) is 11.3 Å². The van der Waals surface area contributed by atoms with Crippen molar-refractivity contribution in [1.29, 1.82) is 0 Å². The molecule has 0 radical (unpaired) electrons. The third-order valence-corrected chi connectivity index (χ3v) is 22.8. The zero-order valence-corrected chi connectivity index (χ0v) is 45.4. The SMILES string of the molecule is CC[Si](CC)(CC)O[C@@H](C/C=C(/C)CCC[C@H](C)C(OC(=O)OCC(Cl)(Cl)Cl)[C@@H](C)C(=O)C(C)(C)[C@H](CC(=O)OC(C)(C)C)O[Si](CC)(CC)CC)/C(C)=C/c1csc(C)n1. The summed E-state index contributed by atoms with van der Waals surface area (Å²) in [4.78, 5) is 45.9. The predicted octanol–water partition coefficient (Wildman–Crippen LogP) is 14.6. The molecule has 5 atom stereocenters. The van der Waals surface area contributed by atoms with Crippen molar-refractivity contribution < 1.29 is 37.4 Å². The average molecular weight is 970 g/mol. The maximum absolute atomic E-state index is 14.8. The molecule has 61 heavy (non-hydrogen) atoms. The summed E-state index contributed by atoms with van der Waals surface area (Å²) in [6.07, 6.45) is 4.67. The summed E-state index contributed by atoms with van der Waals surface area (Å²) in [6, 6.07) is 5.71. The molecule has 1 heterocycles. The molecule has 0 aliphatic carbocycles. The first-order valence-electron chi connectivity index (χ1n) is 22.4. The van der Waals surface area contributed by atoms with Crippen LogP contribution in [0.4, 0.5) is 4.79 Å². The summed E-state index contributed by atoms with van der Waals surface area (Å²) in [5.74, 6) is -1.67. The number of aromatic nitrogens is 1. The highest BCUT2D eigenvalue weighted by molar-refractivity contribution is 7.09.